The normalized spacial score (nSPS) is 16.0. The Kier molecular flexibility index (Phi) is 4.65. The zero-order chi connectivity index (χ0) is 14.5. The quantitative estimate of drug-likeness (QED) is 0.919. The van der Waals surface area contributed by atoms with Gasteiger partial charge in [0.2, 0.25) is 17.6 Å². The molecule has 112 valence electrons. The second-order valence-corrected chi connectivity index (χ2v) is 6.42. The molecule has 0 saturated heterocycles. The van der Waals surface area contributed by atoms with E-state index in [9.17, 15) is 4.79 Å². The number of nitrogens with one attached hydrogen (secondary N) is 1. The molecular formula is C15H19N3O2S. The second-order valence-electron chi connectivity index (χ2n) is 5.47. The largest absolute Gasteiger partial charge is 0.347 e. The number of nitrogens with zero attached hydrogens (tertiary/aromatic N) is 2. The van der Waals surface area contributed by atoms with Gasteiger partial charge in [-0.3, -0.25) is 4.79 Å². The van der Waals surface area contributed by atoms with Gasteiger partial charge in [0.1, 0.15) is 0 Å². The zero-order valence-corrected chi connectivity index (χ0v) is 12.7. The molecule has 1 N–H and O–H groups in total. The van der Waals surface area contributed by atoms with Gasteiger partial charge in [-0.05, 0) is 30.2 Å². The van der Waals surface area contributed by atoms with Gasteiger partial charge in [0.15, 0.2) is 0 Å². The molecular weight excluding hydrogens is 286 g/mol. The number of hydrogen-bond donors (Lipinski definition) is 1. The van der Waals surface area contributed by atoms with Gasteiger partial charge in [-0.15, -0.1) is 11.3 Å². The van der Waals surface area contributed by atoms with Crippen LogP contribution in [0.5, 0.6) is 0 Å². The molecule has 0 radical (unpaired) electrons. The lowest BCUT2D eigenvalue weighted by Crippen LogP contribution is -2.26. The van der Waals surface area contributed by atoms with E-state index >= 15 is 0 Å². The van der Waals surface area contributed by atoms with Gasteiger partial charge < -0.3 is 9.84 Å². The lowest BCUT2D eigenvalue weighted by molar-refractivity contribution is -0.122. The van der Waals surface area contributed by atoms with Crippen molar-refractivity contribution in [2.24, 2.45) is 5.92 Å². The number of rotatable bonds is 5. The van der Waals surface area contributed by atoms with Crippen LogP contribution >= 0.6 is 11.3 Å². The number of carbonyl (C=O) groups is 1. The van der Waals surface area contributed by atoms with Crippen LogP contribution in [0.3, 0.4) is 0 Å². The van der Waals surface area contributed by atoms with E-state index < -0.39 is 0 Å². The molecule has 0 bridgehead atoms. The molecule has 2 heterocycles. The van der Waals surface area contributed by atoms with Crippen LogP contribution in [0, 0.1) is 5.92 Å². The Morgan fingerprint density at radius 1 is 1.38 bits per heavy atom. The van der Waals surface area contributed by atoms with E-state index in [1.54, 1.807) is 11.3 Å². The summed E-state index contributed by atoms with van der Waals surface area (Å²) in [7, 11) is 0. The minimum absolute atomic E-state index is 0.0813. The van der Waals surface area contributed by atoms with Crippen LogP contribution in [0.4, 0.5) is 0 Å². The smallest absolute Gasteiger partial charge is 0.246 e. The Morgan fingerprint density at radius 2 is 2.24 bits per heavy atom. The maximum atomic E-state index is 11.9. The van der Waals surface area contributed by atoms with Crippen molar-refractivity contribution in [2.45, 2.75) is 45.1 Å². The van der Waals surface area contributed by atoms with E-state index in [0.717, 1.165) is 4.88 Å². The summed E-state index contributed by atoms with van der Waals surface area (Å²) in [6, 6.07) is 3.89. The Balaban J connectivity index is 1.47. The van der Waals surface area contributed by atoms with Crippen LogP contribution in [-0.4, -0.2) is 16.0 Å². The highest BCUT2D eigenvalue weighted by Crippen LogP contribution is 2.26. The summed E-state index contributed by atoms with van der Waals surface area (Å²) in [5.74, 6) is 1.66. The molecule has 1 saturated carbocycles. The lowest BCUT2D eigenvalue weighted by Gasteiger charge is -2.20. The highest BCUT2D eigenvalue weighted by atomic mass is 32.1. The predicted molar refractivity (Wildman–Crippen MR) is 80.6 cm³/mol. The van der Waals surface area contributed by atoms with Crippen molar-refractivity contribution < 1.29 is 9.32 Å². The molecule has 0 unspecified atom stereocenters. The molecule has 1 fully saturated rings. The van der Waals surface area contributed by atoms with Gasteiger partial charge in [-0.25, -0.2) is 0 Å². The Labute approximate surface area is 127 Å². The van der Waals surface area contributed by atoms with Gasteiger partial charge in [0.05, 0.1) is 11.4 Å². The maximum absolute atomic E-state index is 11.9. The Bertz CT molecular complexity index is 574. The summed E-state index contributed by atoms with van der Waals surface area (Å²) in [5.41, 5.74) is 0. The molecule has 0 atom stereocenters. The number of hydrogen-bond acceptors (Lipinski definition) is 5. The van der Waals surface area contributed by atoms with E-state index in [-0.39, 0.29) is 5.91 Å². The Morgan fingerprint density at radius 3 is 3.00 bits per heavy atom. The number of amides is 1. The molecule has 0 aromatic carbocycles. The van der Waals surface area contributed by atoms with Crippen molar-refractivity contribution in [1.82, 2.24) is 15.5 Å². The zero-order valence-electron chi connectivity index (χ0n) is 11.9. The maximum Gasteiger partial charge on any atom is 0.246 e. The third-order valence-electron chi connectivity index (χ3n) is 3.85. The third-order valence-corrected chi connectivity index (χ3v) is 4.71. The predicted octanol–water partition coefficient (Wildman–Crippen LogP) is 3.38. The molecule has 21 heavy (non-hydrogen) atoms. The molecule has 2 aromatic rings. The van der Waals surface area contributed by atoms with E-state index in [0.29, 0.717) is 30.6 Å². The summed E-state index contributed by atoms with van der Waals surface area (Å²) in [5, 5.41) is 8.77. The summed E-state index contributed by atoms with van der Waals surface area (Å²) in [6.45, 7) is 0.309. The van der Waals surface area contributed by atoms with Crippen molar-refractivity contribution >= 4 is 17.2 Å². The first-order valence-electron chi connectivity index (χ1n) is 7.44. The summed E-state index contributed by atoms with van der Waals surface area (Å²) < 4.78 is 5.16. The fourth-order valence-electron chi connectivity index (χ4n) is 2.73. The molecule has 1 amide bonds. The van der Waals surface area contributed by atoms with Crippen LogP contribution in [0.15, 0.2) is 22.0 Å². The molecule has 6 heteroatoms. The van der Waals surface area contributed by atoms with Crippen LogP contribution in [0.25, 0.3) is 10.7 Å². The molecule has 0 aliphatic heterocycles. The first-order valence-corrected chi connectivity index (χ1v) is 8.32. The van der Waals surface area contributed by atoms with Gasteiger partial charge in [0, 0.05) is 6.42 Å². The van der Waals surface area contributed by atoms with Gasteiger partial charge in [-0.2, -0.15) is 4.98 Å². The molecule has 1 aliphatic rings. The first-order chi connectivity index (χ1) is 10.3. The molecule has 2 aromatic heterocycles. The van der Waals surface area contributed by atoms with Crippen molar-refractivity contribution in [3.63, 3.8) is 0 Å². The van der Waals surface area contributed by atoms with Crippen LogP contribution in [0.2, 0.25) is 0 Å². The van der Waals surface area contributed by atoms with E-state index in [4.69, 9.17) is 4.52 Å². The summed E-state index contributed by atoms with van der Waals surface area (Å²) in [4.78, 5) is 17.2. The number of carbonyl (C=O) groups excluding carboxylic acids is 1. The monoisotopic (exact) mass is 305 g/mol. The standard InChI is InChI=1S/C15H19N3O2S/c19-13(9-11-5-2-1-3-6-11)16-10-14-17-15(18-20-14)12-7-4-8-21-12/h4,7-8,11H,1-3,5-6,9-10H2,(H,16,19). The first kappa shape index (κ1) is 14.3. The number of aromatic nitrogens is 2. The van der Waals surface area contributed by atoms with Crippen LogP contribution in [0.1, 0.15) is 44.4 Å². The average Bonchev–Trinajstić information content (AvgIpc) is 3.17. The van der Waals surface area contributed by atoms with Gasteiger partial charge >= 0.3 is 0 Å². The number of thiophene rings is 1. The van der Waals surface area contributed by atoms with Crippen LogP contribution < -0.4 is 5.32 Å². The minimum atomic E-state index is 0.0813. The highest BCUT2D eigenvalue weighted by Gasteiger charge is 2.17. The fraction of sp³-hybridized carbons (Fsp3) is 0.533. The van der Waals surface area contributed by atoms with E-state index in [1.807, 2.05) is 17.5 Å². The van der Waals surface area contributed by atoms with Crippen molar-refractivity contribution in [1.29, 1.82) is 0 Å². The van der Waals surface area contributed by atoms with E-state index in [1.165, 1.54) is 32.1 Å². The van der Waals surface area contributed by atoms with Crippen molar-refractivity contribution in [3.8, 4) is 10.7 Å². The van der Waals surface area contributed by atoms with Crippen molar-refractivity contribution in [3.05, 3.63) is 23.4 Å². The Hall–Kier alpha value is -1.69. The van der Waals surface area contributed by atoms with E-state index in [2.05, 4.69) is 15.5 Å². The van der Waals surface area contributed by atoms with Crippen molar-refractivity contribution in [2.75, 3.05) is 0 Å². The lowest BCUT2D eigenvalue weighted by atomic mass is 9.87. The fourth-order valence-corrected chi connectivity index (χ4v) is 3.38. The molecule has 5 nitrogen and oxygen atoms in total. The SMILES string of the molecule is O=C(CC1CCCCC1)NCc1nc(-c2cccs2)no1. The summed E-state index contributed by atoms with van der Waals surface area (Å²) >= 11 is 1.56. The second kappa shape index (κ2) is 6.85. The third kappa shape index (κ3) is 3.91. The van der Waals surface area contributed by atoms with Gasteiger partial charge in [0.25, 0.3) is 0 Å². The topological polar surface area (TPSA) is 68.0 Å². The molecule has 0 spiro atoms. The highest BCUT2D eigenvalue weighted by molar-refractivity contribution is 7.13. The summed E-state index contributed by atoms with van der Waals surface area (Å²) in [6.07, 6.45) is 6.79. The minimum Gasteiger partial charge on any atom is -0.347 e. The molecule has 1 aliphatic carbocycles. The van der Waals surface area contributed by atoms with Crippen LogP contribution in [-0.2, 0) is 11.3 Å². The average molecular weight is 305 g/mol. The molecule has 3 rings (SSSR count). The van der Waals surface area contributed by atoms with Gasteiger partial charge in [-0.1, -0.05) is 30.5 Å².